The number of nitrogens with two attached hydrogens (primary N) is 1. The standard InChI is InChI=1S/C11H16FN3/c12-9-2-1-3-11(6-9)15-5-4-14-10(7-13)8-15/h1-3,6,10,14H,4-5,7-8,13H2. The van der Waals surface area contributed by atoms with E-state index in [0.717, 1.165) is 25.3 Å². The molecule has 0 radical (unpaired) electrons. The van der Waals surface area contributed by atoms with Crippen molar-refractivity contribution in [2.24, 2.45) is 5.73 Å². The van der Waals surface area contributed by atoms with Gasteiger partial charge in [-0.05, 0) is 18.2 Å². The van der Waals surface area contributed by atoms with Crippen LogP contribution in [-0.2, 0) is 0 Å². The number of hydrogen-bond donors (Lipinski definition) is 2. The average molecular weight is 209 g/mol. The first kappa shape index (κ1) is 10.4. The van der Waals surface area contributed by atoms with Crippen molar-refractivity contribution in [3.05, 3.63) is 30.1 Å². The molecule has 1 atom stereocenters. The van der Waals surface area contributed by atoms with Crippen molar-refractivity contribution in [1.29, 1.82) is 0 Å². The highest BCUT2D eigenvalue weighted by Crippen LogP contribution is 2.16. The van der Waals surface area contributed by atoms with Crippen LogP contribution in [0.2, 0.25) is 0 Å². The second-order valence-electron chi connectivity index (χ2n) is 3.81. The maximum absolute atomic E-state index is 13.0. The minimum Gasteiger partial charge on any atom is -0.369 e. The highest BCUT2D eigenvalue weighted by molar-refractivity contribution is 5.47. The largest absolute Gasteiger partial charge is 0.369 e. The second-order valence-corrected chi connectivity index (χ2v) is 3.81. The lowest BCUT2D eigenvalue weighted by Crippen LogP contribution is -2.53. The summed E-state index contributed by atoms with van der Waals surface area (Å²) in [5.41, 5.74) is 6.55. The van der Waals surface area contributed by atoms with E-state index >= 15 is 0 Å². The summed E-state index contributed by atoms with van der Waals surface area (Å²) in [4.78, 5) is 2.16. The predicted molar refractivity (Wildman–Crippen MR) is 59.5 cm³/mol. The van der Waals surface area contributed by atoms with Crippen LogP contribution in [0.15, 0.2) is 24.3 Å². The number of halogens is 1. The molecule has 0 bridgehead atoms. The fourth-order valence-corrected chi connectivity index (χ4v) is 1.89. The molecule has 1 aromatic rings. The van der Waals surface area contributed by atoms with Crippen LogP contribution < -0.4 is 16.0 Å². The lowest BCUT2D eigenvalue weighted by molar-refractivity contribution is 0.463. The Kier molecular flexibility index (Phi) is 3.18. The molecule has 0 aliphatic carbocycles. The molecule has 15 heavy (non-hydrogen) atoms. The highest BCUT2D eigenvalue weighted by Gasteiger charge is 2.18. The summed E-state index contributed by atoms with van der Waals surface area (Å²) < 4.78 is 13.0. The fraction of sp³-hybridized carbons (Fsp3) is 0.455. The Hall–Kier alpha value is -1.13. The second kappa shape index (κ2) is 4.59. The number of rotatable bonds is 2. The third-order valence-electron chi connectivity index (χ3n) is 2.71. The van der Waals surface area contributed by atoms with Crippen LogP contribution in [0, 0.1) is 5.82 Å². The predicted octanol–water partition coefficient (Wildman–Crippen LogP) is 0.563. The van der Waals surface area contributed by atoms with Crippen molar-refractivity contribution in [1.82, 2.24) is 5.32 Å². The minimum atomic E-state index is -0.185. The molecular formula is C11H16FN3. The highest BCUT2D eigenvalue weighted by atomic mass is 19.1. The van der Waals surface area contributed by atoms with E-state index in [9.17, 15) is 4.39 Å². The van der Waals surface area contributed by atoms with Crippen molar-refractivity contribution in [2.45, 2.75) is 6.04 Å². The summed E-state index contributed by atoms with van der Waals surface area (Å²) >= 11 is 0. The number of hydrogen-bond acceptors (Lipinski definition) is 3. The topological polar surface area (TPSA) is 41.3 Å². The van der Waals surface area contributed by atoms with Gasteiger partial charge >= 0.3 is 0 Å². The molecular weight excluding hydrogens is 193 g/mol. The quantitative estimate of drug-likeness (QED) is 0.748. The van der Waals surface area contributed by atoms with Gasteiger partial charge in [-0.3, -0.25) is 0 Å². The molecule has 82 valence electrons. The normalized spacial score (nSPS) is 21.7. The van der Waals surface area contributed by atoms with E-state index in [2.05, 4.69) is 10.2 Å². The van der Waals surface area contributed by atoms with Gasteiger partial charge in [0.25, 0.3) is 0 Å². The van der Waals surface area contributed by atoms with Crippen LogP contribution >= 0.6 is 0 Å². The number of nitrogens with one attached hydrogen (secondary N) is 1. The van der Waals surface area contributed by atoms with Crippen molar-refractivity contribution in [3.8, 4) is 0 Å². The van der Waals surface area contributed by atoms with E-state index < -0.39 is 0 Å². The fourth-order valence-electron chi connectivity index (χ4n) is 1.89. The van der Waals surface area contributed by atoms with Crippen LogP contribution in [-0.4, -0.2) is 32.2 Å². The molecule has 0 spiro atoms. The zero-order valence-corrected chi connectivity index (χ0v) is 8.62. The lowest BCUT2D eigenvalue weighted by atomic mass is 10.2. The molecule has 1 unspecified atom stereocenters. The summed E-state index contributed by atoms with van der Waals surface area (Å²) in [6.07, 6.45) is 0. The molecule has 1 heterocycles. The molecule has 3 nitrogen and oxygen atoms in total. The summed E-state index contributed by atoms with van der Waals surface area (Å²) in [6.45, 7) is 3.27. The maximum atomic E-state index is 13.0. The molecule has 0 amide bonds. The van der Waals surface area contributed by atoms with Gasteiger partial charge in [0.05, 0.1) is 0 Å². The van der Waals surface area contributed by atoms with Gasteiger partial charge < -0.3 is 16.0 Å². The molecule has 1 aliphatic rings. The monoisotopic (exact) mass is 209 g/mol. The third kappa shape index (κ3) is 2.46. The summed E-state index contributed by atoms with van der Waals surface area (Å²) in [5, 5.41) is 3.32. The summed E-state index contributed by atoms with van der Waals surface area (Å²) in [5.74, 6) is -0.185. The first-order chi connectivity index (χ1) is 7.29. The van der Waals surface area contributed by atoms with E-state index in [4.69, 9.17) is 5.73 Å². The Morgan fingerprint density at radius 2 is 2.40 bits per heavy atom. The molecule has 2 rings (SSSR count). The molecule has 3 N–H and O–H groups in total. The van der Waals surface area contributed by atoms with Crippen molar-refractivity contribution in [2.75, 3.05) is 31.1 Å². The molecule has 1 aliphatic heterocycles. The van der Waals surface area contributed by atoms with Crippen molar-refractivity contribution < 1.29 is 4.39 Å². The van der Waals surface area contributed by atoms with Gasteiger partial charge in [-0.2, -0.15) is 0 Å². The molecule has 4 heteroatoms. The molecule has 1 fully saturated rings. The van der Waals surface area contributed by atoms with Gasteiger partial charge in [-0.1, -0.05) is 6.07 Å². The van der Waals surface area contributed by atoms with Crippen LogP contribution in [0.1, 0.15) is 0 Å². The average Bonchev–Trinajstić information content (AvgIpc) is 2.29. The van der Waals surface area contributed by atoms with E-state index in [-0.39, 0.29) is 5.82 Å². The Morgan fingerprint density at radius 1 is 1.53 bits per heavy atom. The molecule has 0 saturated carbocycles. The number of benzene rings is 1. The van der Waals surface area contributed by atoms with Crippen LogP contribution in [0.25, 0.3) is 0 Å². The minimum absolute atomic E-state index is 0.185. The molecule has 0 aromatic heterocycles. The Morgan fingerprint density at radius 3 is 3.13 bits per heavy atom. The number of anilines is 1. The van der Waals surface area contributed by atoms with Crippen molar-refractivity contribution in [3.63, 3.8) is 0 Å². The van der Waals surface area contributed by atoms with E-state index in [1.54, 1.807) is 12.1 Å². The lowest BCUT2D eigenvalue weighted by Gasteiger charge is -2.34. The van der Waals surface area contributed by atoms with Gasteiger partial charge in [-0.15, -0.1) is 0 Å². The Labute approximate surface area is 89.1 Å². The summed E-state index contributed by atoms with van der Waals surface area (Å²) in [7, 11) is 0. The third-order valence-corrected chi connectivity index (χ3v) is 2.71. The number of nitrogens with zero attached hydrogens (tertiary/aromatic N) is 1. The summed E-state index contributed by atoms with van der Waals surface area (Å²) in [6, 6.07) is 7.01. The van der Waals surface area contributed by atoms with E-state index in [1.165, 1.54) is 6.07 Å². The van der Waals surface area contributed by atoms with E-state index in [1.807, 2.05) is 6.07 Å². The van der Waals surface area contributed by atoms with Gasteiger partial charge in [0, 0.05) is 37.9 Å². The van der Waals surface area contributed by atoms with Crippen molar-refractivity contribution >= 4 is 5.69 Å². The molecule has 1 aromatic carbocycles. The van der Waals surface area contributed by atoms with Gasteiger partial charge in [-0.25, -0.2) is 4.39 Å². The molecule has 1 saturated heterocycles. The first-order valence-electron chi connectivity index (χ1n) is 5.23. The smallest absolute Gasteiger partial charge is 0.125 e. The number of piperazine rings is 1. The van der Waals surface area contributed by atoms with E-state index in [0.29, 0.717) is 12.6 Å². The Bertz CT molecular complexity index is 329. The van der Waals surface area contributed by atoms with Crippen LogP contribution in [0.5, 0.6) is 0 Å². The van der Waals surface area contributed by atoms with Crippen LogP contribution in [0.3, 0.4) is 0 Å². The zero-order valence-electron chi connectivity index (χ0n) is 8.62. The Balaban J connectivity index is 2.09. The van der Waals surface area contributed by atoms with Gasteiger partial charge in [0.1, 0.15) is 5.82 Å². The van der Waals surface area contributed by atoms with Gasteiger partial charge in [0.2, 0.25) is 0 Å². The SMILES string of the molecule is NCC1CN(c2cccc(F)c2)CCN1. The maximum Gasteiger partial charge on any atom is 0.125 e. The van der Waals surface area contributed by atoms with Gasteiger partial charge in [0.15, 0.2) is 0 Å². The van der Waals surface area contributed by atoms with Crippen LogP contribution in [0.4, 0.5) is 10.1 Å². The zero-order chi connectivity index (χ0) is 10.7. The first-order valence-corrected chi connectivity index (χ1v) is 5.23.